The second-order valence-corrected chi connectivity index (χ2v) is 5.54. The molecule has 0 amide bonds. The lowest BCUT2D eigenvalue weighted by Gasteiger charge is -2.33. The van der Waals surface area contributed by atoms with Crippen LogP contribution in [0.15, 0.2) is 12.1 Å². The van der Waals surface area contributed by atoms with Gasteiger partial charge >= 0.3 is 30.1 Å². The zero-order valence-electron chi connectivity index (χ0n) is 13.9. The van der Waals surface area contributed by atoms with E-state index >= 15 is 0 Å². The van der Waals surface area contributed by atoms with Gasteiger partial charge in [-0.05, 0) is 0 Å². The van der Waals surface area contributed by atoms with Gasteiger partial charge in [-0.2, -0.15) is 43.9 Å². The number of halogens is 12. The number of hydrogen-bond donors (Lipinski definition) is 0. The van der Waals surface area contributed by atoms with E-state index in [1.807, 2.05) is 0 Å². The lowest BCUT2D eigenvalue weighted by molar-refractivity contribution is -0.392. The fraction of sp³-hybridized carbons (Fsp3) is 0.500. The molecule has 0 radical (unpaired) electrons. The van der Waals surface area contributed by atoms with Gasteiger partial charge in [-0.3, -0.25) is 20.2 Å². The second kappa shape index (κ2) is 7.59. The topological polar surface area (TPSA) is 100 Å². The lowest BCUT2D eigenvalue weighted by Crippen LogP contribution is -2.53. The number of benzene rings is 1. The van der Waals surface area contributed by atoms with Crippen molar-refractivity contribution in [3.8, 4) is 0 Å². The van der Waals surface area contributed by atoms with Gasteiger partial charge in [0.2, 0.25) is 0 Å². The molecule has 1 rings (SSSR count). The Kier molecular flexibility index (Phi) is 6.37. The van der Waals surface area contributed by atoms with Crippen LogP contribution in [0, 0.1) is 20.2 Å². The van der Waals surface area contributed by atoms with Crippen molar-refractivity contribution in [2.24, 2.45) is 0 Å². The van der Waals surface area contributed by atoms with E-state index in [0.717, 1.165) is 0 Å². The van der Waals surface area contributed by atoms with Crippen molar-refractivity contribution < 1.29 is 62.5 Å². The number of nitrogens with zero attached hydrogens (tertiary/aromatic N) is 3. The third-order valence-corrected chi connectivity index (χ3v) is 3.43. The smallest absolute Gasteiger partial charge is 0.459 e. The molecule has 0 aliphatic carbocycles. The molecule has 0 atom stereocenters. The molecule has 0 bridgehead atoms. The molecule has 0 aromatic heterocycles. The minimum absolute atomic E-state index is 0.667. The van der Waals surface area contributed by atoms with E-state index in [1.54, 1.807) is 0 Å². The van der Waals surface area contributed by atoms with E-state index < -0.39 is 81.3 Å². The lowest BCUT2D eigenvalue weighted by atomic mass is 10.0. The zero-order valence-corrected chi connectivity index (χ0v) is 13.9. The van der Waals surface area contributed by atoms with Gasteiger partial charge in [0.05, 0.1) is 9.85 Å². The van der Waals surface area contributed by atoms with E-state index in [1.165, 1.54) is 0 Å². The third kappa shape index (κ3) is 4.68. The molecule has 1 aromatic carbocycles. The predicted molar refractivity (Wildman–Crippen MR) is 73.5 cm³/mol. The molecule has 0 saturated heterocycles. The summed E-state index contributed by atoms with van der Waals surface area (Å²) in [6.07, 6.45) is -13.3. The highest BCUT2D eigenvalue weighted by molar-refractivity contribution is 5.78. The van der Waals surface area contributed by atoms with Crippen molar-refractivity contribution in [3.05, 3.63) is 43.2 Å². The van der Waals surface area contributed by atoms with E-state index in [4.69, 9.17) is 0 Å². The molecule has 0 saturated carbocycles. The number of nitro benzene ring substituents is 2. The van der Waals surface area contributed by atoms with Crippen molar-refractivity contribution in [2.75, 3.05) is 6.54 Å². The second-order valence-electron chi connectivity index (χ2n) is 5.54. The van der Waals surface area contributed by atoms with Gasteiger partial charge in [-0.25, -0.2) is 8.78 Å². The van der Waals surface area contributed by atoms with E-state index in [0.29, 0.717) is 0 Å². The monoisotopic (exact) mass is 482 g/mol. The predicted octanol–water partition coefficient (Wildman–Crippen LogP) is 6.00. The Balaban J connectivity index is 3.62. The Labute approximate surface area is 160 Å². The maximum Gasteiger partial charge on any atom is 0.459 e. The summed E-state index contributed by atoms with van der Waals surface area (Å²) in [4.78, 5) is 17.9. The maximum absolute atomic E-state index is 13.4. The summed E-state index contributed by atoms with van der Waals surface area (Å²) >= 11 is 0. The quantitative estimate of drug-likeness (QED) is 0.271. The summed E-state index contributed by atoms with van der Waals surface area (Å²) in [6, 6.07) is -1.33. The summed E-state index contributed by atoms with van der Waals surface area (Å²) in [5, 5.41) is 24.0. The Morgan fingerprint density at radius 3 is 1.42 bits per heavy atom. The highest BCUT2D eigenvalue weighted by atomic mass is 19.4. The summed E-state index contributed by atoms with van der Waals surface area (Å²) < 4.78 is 153. The maximum atomic E-state index is 13.4. The van der Waals surface area contributed by atoms with Gasteiger partial charge in [0.1, 0.15) is 0 Å². The van der Waals surface area contributed by atoms with Crippen LogP contribution in [0.4, 0.5) is 69.7 Å². The van der Waals surface area contributed by atoms with E-state index in [-0.39, 0.29) is 0 Å². The van der Waals surface area contributed by atoms with Crippen molar-refractivity contribution in [1.82, 2.24) is 0 Å². The average Bonchev–Trinajstić information content (AvgIpc) is 2.56. The first-order chi connectivity index (χ1) is 13.6. The molecule has 0 N–H and O–H groups in total. The van der Waals surface area contributed by atoms with Crippen LogP contribution in [0.3, 0.4) is 0 Å². The fourth-order valence-corrected chi connectivity index (χ4v) is 1.87. The largest absolute Gasteiger partial charge is 0.668 e. The number of hydrogen-bond acceptors (Lipinski definition) is 4. The van der Waals surface area contributed by atoms with Crippen LogP contribution in [0.25, 0.3) is 5.32 Å². The van der Waals surface area contributed by atoms with Crippen LogP contribution in [0.2, 0.25) is 0 Å². The summed E-state index contributed by atoms with van der Waals surface area (Å²) in [5.41, 5.74) is -8.75. The Bertz CT molecular complexity index is 846. The van der Waals surface area contributed by atoms with Crippen LogP contribution in [-0.2, 0) is 5.92 Å². The van der Waals surface area contributed by atoms with Gasteiger partial charge in [0.25, 0.3) is 11.4 Å². The van der Waals surface area contributed by atoms with Gasteiger partial charge in [-0.15, -0.1) is 0 Å². The summed E-state index contributed by atoms with van der Waals surface area (Å²) in [5.74, 6) is -18.9. The van der Waals surface area contributed by atoms with Crippen molar-refractivity contribution in [3.63, 3.8) is 0 Å². The zero-order chi connectivity index (χ0) is 24.8. The molecule has 0 heterocycles. The molecule has 0 spiro atoms. The Morgan fingerprint density at radius 1 is 0.742 bits per heavy atom. The molecular formula is C12H4F12N3O4-. The number of rotatable bonds is 7. The fourth-order valence-electron chi connectivity index (χ4n) is 1.87. The highest BCUT2D eigenvalue weighted by Gasteiger charge is 2.71. The first-order valence-electron chi connectivity index (χ1n) is 6.99. The molecule has 0 unspecified atom stereocenters. The van der Waals surface area contributed by atoms with Crippen LogP contribution in [-0.4, -0.2) is 40.6 Å². The molecule has 7 nitrogen and oxygen atoms in total. The molecular weight excluding hydrogens is 478 g/mol. The van der Waals surface area contributed by atoms with Crippen LogP contribution < -0.4 is 0 Å². The highest BCUT2D eigenvalue weighted by Crippen LogP contribution is 2.52. The minimum atomic E-state index is -6.86. The average molecular weight is 482 g/mol. The molecule has 1 aromatic rings. The van der Waals surface area contributed by atoms with E-state index in [2.05, 4.69) is 5.32 Å². The van der Waals surface area contributed by atoms with Crippen LogP contribution >= 0.6 is 0 Å². The molecule has 0 aliphatic rings. The van der Waals surface area contributed by atoms with Crippen LogP contribution in [0.1, 0.15) is 5.56 Å². The molecule has 19 heteroatoms. The molecule has 0 fully saturated rings. The van der Waals surface area contributed by atoms with Crippen LogP contribution in [0.5, 0.6) is 0 Å². The number of nitro groups is 2. The SMILES string of the molecule is O=[N+]([O-])c1cc(C(F)(F)C(F)(F)F)cc([N+](=O)[O-])c1[N-]CC(F)(F)C(F)(F)C(F)(F)F. The molecule has 176 valence electrons. The Hall–Kier alpha value is -3.02. The normalized spacial score (nSPS) is 13.8. The molecule has 31 heavy (non-hydrogen) atoms. The van der Waals surface area contributed by atoms with Gasteiger partial charge < -0.3 is 5.32 Å². The first kappa shape index (κ1) is 26.0. The van der Waals surface area contributed by atoms with Gasteiger partial charge in [-0.1, -0.05) is 6.54 Å². The summed E-state index contributed by atoms with van der Waals surface area (Å²) in [7, 11) is 0. The van der Waals surface area contributed by atoms with Crippen molar-refractivity contribution in [2.45, 2.75) is 30.1 Å². The third-order valence-electron chi connectivity index (χ3n) is 3.43. The number of alkyl halides is 12. The minimum Gasteiger partial charge on any atom is -0.668 e. The van der Waals surface area contributed by atoms with Crippen molar-refractivity contribution in [1.29, 1.82) is 0 Å². The summed E-state index contributed by atoms with van der Waals surface area (Å²) in [6.45, 7) is -2.98. The Morgan fingerprint density at radius 2 is 1.13 bits per heavy atom. The van der Waals surface area contributed by atoms with Crippen molar-refractivity contribution >= 4 is 17.1 Å². The van der Waals surface area contributed by atoms with E-state index in [9.17, 15) is 72.9 Å². The van der Waals surface area contributed by atoms with Gasteiger partial charge in [0, 0.05) is 23.4 Å². The molecule has 0 aliphatic heterocycles. The van der Waals surface area contributed by atoms with Gasteiger partial charge in [0.15, 0.2) is 0 Å². The standard InChI is InChI=1S/C12H4F12N3O4/c13-8(14,10(17,18)12(22,23)24)3-25-7-5(26(28)29)1-4(2-6(7)27(30)31)9(15,16)11(19,20)21/h1-2H,3H2/q-1. The first-order valence-corrected chi connectivity index (χ1v) is 6.99.